The molecule has 8 nitrogen and oxygen atoms in total. The molecule has 0 aliphatic carbocycles. The van der Waals surface area contributed by atoms with Crippen LogP contribution in [-0.2, 0) is 0 Å². The second kappa shape index (κ2) is 12.0. The van der Waals surface area contributed by atoms with Crippen molar-refractivity contribution in [1.82, 2.24) is 30.6 Å². The molecule has 3 aliphatic heterocycles. The Bertz CT molecular complexity index is 2480. The molecule has 4 aromatic heterocycles. The van der Waals surface area contributed by atoms with Gasteiger partial charge in [0.15, 0.2) is 0 Å². The van der Waals surface area contributed by atoms with Crippen LogP contribution >= 0.6 is 0 Å². The smallest absolute Gasteiger partial charge is 0.0728 e. The molecule has 3 aliphatic rings. The zero-order valence-corrected chi connectivity index (χ0v) is 27.1. The van der Waals surface area contributed by atoms with E-state index < -0.39 is 0 Å². The third kappa shape index (κ3) is 5.20. The van der Waals surface area contributed by atoms with Crippen molar-refractivity contribution >= 4 is 33.7 Å². The summed E-state index contributed by atoms with van der Waals surface area (Å²) in [7, 11) is 0. The van der Waals surface area contributed by atoms with Crippen LogP contribution in [-0.4, -0.2) is 32.0 Å². The molecule has 2 unspecified atom stereocenters. The molecule has 0 saturated carbocycles. The predicted molar refractivity (Wildman–Crippen MR) is 200 cm³/mol. The summed E-state index contributed by atoms with van der Waals surface area (Å²) in [4.78, 5) is 16.3. The lowest BCUT2D eigenvalue weighted by molar-refractivity contribution is 0.849. The Hall–Kier alpha value is -6.80. The molecule has 2 aromatic carbocycles. The Balaban J connectivity index is 1.35. The fraction of sp³-hybridized carbons (Fsp3) is 0.0476. The first-order valence-electron chi connectivity index (χ1n) is 16.6. The average Bonchev–Trinajstić information content (AvgIpc) is 3.98. The minimum atomic E-state index is -0.120. The molecule has 6 aromatic rings. The van der Waals surface area contributed by atoms with E-state index in [1.54, 1.807) is 0 Å². The molecule has 9 rings (SSSR count). The maximum Gasteiger partial charge on any atom is 0.0728 e. The standard InChI is InChI=1S/C42H34N8/c43-29-5-1-25(2-6-29)39-31-9-13-35(47-31)41(27-17-21-45-22-18-27)37-15-11-33(49-37)40(26-3-7-30(44)8-4-26)34-12-16-38(50-34)42(28-19-23-46-24-20-28)36-14-10-32(39)48-36/h1-24,31,38,47-50H,43-44H2/b39-32-,40-34-,41-35-,42-36-. The van der Waals surface area contributed by atoms with Crippen molar-refractivity contribution in [1.29, 1.82) is 0 Å². The monoisotopic (exact) mass is 650 g/mol. The van der Waals surface area contributed by atoms with Crippen molar-refractivity contribution in [2.45, 2.75) is 12.1 Å². The molecule has 0 fully saturated rings. The van der Waals surface area contributed by atoms with Crippen LogP contribution in [0.25, 0.3) is 22.3 Å². The quantitative estimate of drug-likeness (QED) is 0.149. The van der Waals surface area contributed by atoms with Crippen LogP contribution in [0.5, 0.6) is 0 Å². The molecule has 8 bridgehead atoms. The number of benzene rings is 2. The van der Waals surface area contributed by atoms with Gasteiger partial charge in [-0.3, -0.25) is 9.97 Å². The number of nitrogen functional groups attached to an aromatic ring is 2. The van der Waals surface area contributed by atoms with Gasteiger partial charge in [-0.05, 0) is 107 Å². The van der Waals surface area contributed by atoms with E-state index in [0.717, 1.165) is 89.4 Å². The van der Waals surface area contributed by atoms with E-state index in [1.807, 2.05) is 61.2 Å². The van der Waals surface area contributed by atoms with Crippen LogP contribution in [0.15, 0.2) is 158 Å². The minimum absolute atomic E-state index is 0.117. The molecule has 7 heterocycles. The van der Waals surface area contributed by atoms with Crippen molar-refractivity contribution < 1.29 is 0 Å². The highest BCUT2D eigenvalue weighted by Crippen LogP contribution is 2.35. The number of nitrogens with zero attached hydrogens (tertiary/aromatic N) is 2. The summed E-state index contributed by atoms with van der Waals surface area (Å²) in [6.07, 6.45) is 16.2. The van der Waals surface area contributed by atoms with Crippen LogP contribution < -0.4 is 32.8 Å². The number of H-pyrrole nitrogens is 2. The molecule has 0 amide bonds. The number of aromatic nitrogens is 4. The Morgan fingerprint density at radius 3 is 1.36 bits per heavy atom. The Labute approximate surface area is 289 Å². The number of hydrogen-bond donors (Lipinski definition) is 6. The average molecular weight is 651 g/mol. The summed E-state index contributed by atoms with van der Waals surface area (Å²) < 4.78 is 0. The summed E-state index contributed by atoms with van der Waals surface area (Å²) >= 11 is 0. The lowest BCUT2D eigenvalue weighted by Crippen LogP contribution is -2.31. The van der Waals surface area contributed by atoms with Crippen LogP contribution in [0.4, 0.5) is 11.4 Å². The van der Waals surface area contributed by atoms with Gasteiger partial charge in [-0.1, -0.05) is 36.4 Å². The van der Waals surface area contributed by atoms with Crippen molar-refractivity contribution in [3.63, 3.8) is 0 Å². The number of rotatable bonds is 4. The van der Waals surface area contributed by atoms with E-state index in [0.29, 0.717) is 0 Å². The minimum Gasteiger partial charge on any atom is -0.399 e. The maximum atomic E-state index is 6.15. The van der Waals surface area contributed by atoms with Gasteiger partial charge in [-0.25, -0.2) is 0 Å². The van der Waals surface area contributed by atoms with E-state index in [2.05, 4.69) is 116 Å². The second-order valence-corrected chi connectivity index (χ2v) is 12.7. The van der Waals surface area contributed by atoms with Gasteiger partial charge in [0.1, 0.15) is 0 Å². The van der Waals surface area contributed by atoms with Gasteiger partial charge in [0.05, 0.1) is 12.1 Å². The third-order valence-corrected chi connectivity index (χ3v) is 9.57. The first kappa shape index (κ1) is 29.3. The van der Waals surface area contributed by atoms with E-state index in [9.17, 15) is 0 Å². The number of fused-ring (bicyclic) bond motifs is 8. The number of nitrogens with two attached hydrogens (primary N) is 2. The van der Waals surface area contributed by atoms with Gasteiger partial charge in [0.25, 0.3) is 0 Å². The van der Waals surface area contributed by atoms with Gasteiger partial charge in [-0.15, -0.1) is 0 Å². The van der Waals surface area contributed by atoms with E-state index in [1.165, 1.54) is 0 Å². The van der Waals surface area contributed by atoms with Gasteiger partial charge in [-0.2, -0.15) is 0 Å². The van der Waals surface area contributed by atoms with E-state index in [4.69, 9.17) is 11.5 Å². The predicted octanol–water partition coefficient (Wildman–Crippen LogP) is 4.98. The van der Waals surface area contributed by atoms with Crippen LogP contribution in [0.2, 0.25) is 0 Å². The number of allylic oxidation sites excluding steroid dienone is 2. The van der Waals surface area contributed by atoms with E-state index in [-0.39, 0.29) is 12.1 Å². The van der Waals surface area contributed by atoms with Gasteiger partial charge < -0.3 is 32.1 Å². The summed E-state index contributed by atoms with van der Waals surface area (Å²) in [6, 6.07) is 32.8. The zero-order chi connectivity index (χ0) is 33.6. The number of aromatic amines is 2. The van der Waals surface area contributed by atoms with Gasteiger partial charge >= 0.3 is 0 Å². The van der Waals surface area contributed by atoms with Crippen LogP contribution in [0.1, 0.15) is 33.6 Å². The largest absolute Gasteiger partial charge is 0.399 e. The Morgan fingerprint density at radius 1 is 0.440 bits per heavy atom. The normalized spacial score (nSPS) is 23.1. The number of hydrogen-bond acceptors (Lipinski definition) is 6. The molecule has 0 radical (unpaired) electrons. The second-order valence-electron chi connectivity index (χ2n) is 12.7. The Kier molecular flexibility index (Phi) is 7.05. The summed E-state index contributed by atoms with van der Waals surface area (Å²) in [5, 5.41) is 9.79. The highest BCUT2D eigenvalue weighted by atomic mass is 15.0. The zero-order valence-electron chi connectivity index (χ0n) is 27.1. The first-order chi connectivity index (χ1) is 24.6. The van der Waals surface area contributed by atoms with Gasteiger partial charge in [0, 0.05) is 91.9 Å². The van der Waals surface area contributed by atoms with Gasteiger partial charge in [0.2, 0.25) is 0 Å². The van der Waals surface area contributed by atoms with Crippen molar-refractivity contribution in [3.8, 4) is 0 Å². The number of nitrogens with one attached hydrogen (secondary N) is 4. The third-order valence-electron chi connectivity index (χ3n) is 9.57. The van der Waals surface area contributed by atoms with E-state index >= 15 is 0 Å². The summed E-state index contributed by atoms with van der Waals surface area (Å²) in [5.41, 5.74) is 26.3. The van der Waals surface area contributed by atoms with Crippen LogP contribution in [0, 0.1) is 0 Å². The van der Waals surface area contributed by atoms with Crippen molar-refractivity contribution in [2.24, 2.45) is 0 Å². The molecule has 8 N–H and O–H groups in total. The number of anilines is 2. The highest BCUT2D eigenvalue weighted by Gasteiger charge is 2.27. The molecule has 242 valence electrons. The molecule has 50 heavy (non-hydrogen) atoms. The molecule has 0 spiro atoms. The van der Waals surface area contributed by atoms with Crippen LogP contribution in [0.3, 0.4) is 0 Å². The molecule has 8 heteroatoms. The molecular formula is C42H34N8. The number of pyridine rings is 2. The lowest BCUT2D eigenvalue weighted by Gasteiger charge is -2.20. The molecule has 0 saturated heterocycles. The van der Waals surface area contributed by atoms with Crippen molar-refractivity contribution in [3.05, 3.63) is 202 Å². The lowest BCUT2D eigenvalue weighted by atomic mass is 9.98. The SMILES string of the molecule is Nc1ccc(/C2=C3\C=CC(N3)/C(c3ccncc3)=c3/cc/c([nH]3)=C(\c3ccc(N)cc3)C3C=C/C(=C(\c4ccncc4)c4ccc2[nH]4)N3)cc1. The fourth-order valence-electron chi connectivity index (χ4n) is 7.24. The Morgan fingerprint density at radius 2 is 0.860 bits per heavy atom. The molecule has 2 atom stereocenters. The highest BCUT2D eigenvalue weighted by molar-refractivity contribution is 5.88. The van der Waals surface area contributed by atoms with Crippen molar-refractivity contribution in [2.75, 3.05) is 11.5 Å². The fourth-order valence-corrected chi connectivity index (χ4v) is 7.24. The molecular weight excluding hydrogens is 617 g/mol. The maximum absolute atomic E-state index is 6.15. The topological polar surface area (TPSA) is 133 Å². The summed E-state index contributed by atoms with van der Waals surface area (Å²) in [6.45, 7) is 0. The summed E-state index contributed by atoms with van der Waals surface area (Å²) in [5.74, 6) is 0. The first-order valence-corrected chi connectivity index (χ1v) is 16.6.